The van der Waals surface area contributed by atoms with Crippen LogP contribution in [0.4, 0.5) is 5.69 Å². The minimum atomic E-state index is -3.36. The summed E-state index contributed by atoms with van der Waals surface area (Å²) in [5, 5.41) is 5.40. The number of nitrogens with zero attached hydrogens (tertiary/aromatic N) is 1. The third kappa shape index (κ3) is 4.31. The fourth-order valence-electron chi connectivity index (χ4n) is 3.00. The van der Waals surface area contributed by atoms with Crippen molar-refractivity contribution in [2.75, 3.05) is 17.1 Å². The number of sulfonamides is 1. The Labute approximate surface area is 148 Å². The van der Waals surface area contributed by atoms with Crippen LogP contribution in [0.1, 0.15) is 43.1 Å². The van der Waals surface area contributed by atoms with Gasteiger partial charge in [-0.3, -0.25) is 13.9 Å². The van der Waals surface area contributed by atoms with E-state index < -0.39 is 16.1 Å². The number of fused-ring (bicyclic) bond motifs is 1. The molecule has 0 spiro atoms. The van der Waals surface area contributed by atoms with Crippen molar-refractivity contribution in [2.24, 2.45) is 0 Å². The molecule has 1 aromatic carbocycles. The van der Waals surface area contributed by atoms with E-state index in [-0.39, 0.29) is 17.9 Å². The lowest BCUT2D eigenvalue weighted by molar-refractivity contribution is -0.122. The molecule has 0 aromatic heterocycles. The minimum absolute atomic E-state index is 0.179. The molecule has 2 N–H and O–H groups in total. The Morgan fingerprint density at radius 3 is 2.64 bits per heavy atom. The predicted octanol–water partition coefficient (Wildman–Crippen LogP) is 1.04. The summed E-state index contributed by atoms with van der Waals surface area (Å²) in [6, 6.07) is 4.11. The van der Waals surface area contributed by atoms with E-state index in [1.807, 2.05) is 13.8 Å². The zero-order valence-corrected chi connectivity index (χ0v) is 15.8. The van der Waals surface area contributed by atoms with Gasteiger partial charge in [0.15, 0.2) is 0 Å². The highest BCUT2D eigenvalue weighted by atomic mass is 32.2. The average molecular weight is 367 g/mol. The van der Waals surface area contributed by atoms with E-state index >= 15 is 0 Å². The van der Waals surface area contributed by atoms with Crippen LogP contribution in [-0.4, -0.2) is 45.1 Å². The van der Waals surface area contributed by atoms with Crippen molar-refractivity contribution < 1.29 is 18.0 Å². The molecule has 8 heteroatoms. The van der Waals surface area contributed by atoms with Crippen LogP contribution in [0.3, 0.4) is 0 Å². The topological polar surface area (TPSA) is 95.6 Å². The summed E-state index contributed by atoms with van der Waals surface area (Å²) in [6.07, 6.45) is 2.55. The van der Waals surface area contributed by atoms with E-state index in [1.165, 1.54) is 10.6 Å². The highest BCUT2D eigenvalue weighted by Gasteiger charge is 2.32. The summed E-state index contributed by atoms with van der Waals surface area (Å²) in [5.74, 6) is -0.583. The van der Waals surface area contributed by atoms with Crippen LogP contribution >= 0.6 is 0 Å². The Balaban J connectivity index is 2.14. The van der Waals surface area contributed by atoms with Gasteiger partial charge in [-0.1, -0.05) is 6.92 Å². The van der Waals surface area contributed by atoms with Crippen molar-refractivity contribution >= 4 is 27.5 Å². The number of hydrogen-bond donors (Lipinski definition) is 2. The van der Waals surface area contributed by atoms with E-state index in [0.29, 0.717) is 24.2 Å². The van der Waals surface area contributed by atoms with Gasteiger partial charge >= 0.3 is 0 Å². The Hall–Kier alpha value is -2.09. The average Bonchev–Trinajstić information content (AvgIpc) is 2.86. The third-order valence-electron chi connectivity index (χ3n) is 4.14. The maximum Gasteiger partial charge on any atom is 0.251 e. The molecule has 0 aliphatic carbocycles. The number of hydrogen-bond acceptors (Lipinski definition) is 4. The first-order valence-electron chi connectivity index (χ1n) is 8.36. The molecule has 0 bridgehead atoms. The third-order valence-corrected chi connectivity index (χ3v) is 5.41. The maximum absolute atomic E-state index is 12.4. The summed E-state index contributed by atoms with van der Waals surface area (Å²) >= 11 is 0. The van der Waals surface area contributed by atoms with Crippen LogP contribution in [0.15, 0.2) is 18.2 Å². The van der Waals surface area contributed by atoms with Crippen molar-refractivity contribution in [1.82, 2.24) is 10.6 Å². The first-order chi connectivity index (χ1) is 11.6. The molecule has 1 aliphatic heterocycles. The largest absolute Gasteiger partial charge is 0.354 e. The van der Waals surface area contributed by atoms with Gasteiger partial charge in [-0.05, 0) is 50.5 Å². The summed E-state index contributed by atoms with van der Waals surface area (Å²) in [6.45, 7) is 5.98. The second kappa shape index (κ2) is 7.43. The molecule has 7 nitrogen and oxygen atoms in total. The zero-order valence-electron chi connectivity index (χ0n) is 15.0. The van der Waals surface area contributed by atoms with E-state index in [1.54, 1.807) is 25.1 Å². The molecule has 2 amide bonds. The predicted molar refractivity (Wildman–Crippen MR) is 97.2 cm³/mol. The number of anilines is 1. The van der Waals surface area contributed by atoms with E-state index in [2.05, 4.69) is 10.6 Å². The SMILES string of the molecule is CCCNC(=O)[C@@H](C)NC(=O)c1ccc2c(c1)C[C@@H](C)N2S(C)(=O)=O. The summed E-state index contributed by atoms with van der Waals surface area (Å²) in [4.78, 5) is 24.2. The van der Waals surface area contributed by atoms with Gasteiger partial charge in [0.05, 0.1) is 11.9 Å². The Morgan fingerprint density at radius 2 is 2.04 bits per heavy atom. The maximum atomic E-state index is 12.4. The molecule has 0 saturated carbocycles. The molecule has 0 unspecified atom stereocenters. The number of benzene rings is 1. The van der Waals surface area contributed by atoms with Crippen LogP contribution in [0.25, 0.3) is 0 Å². The molecule has 0 radical (unpaired) electrons. The van der Waals surface area contributed by atoms with Gasteiger partial charge in [0.2, 0.25) is 15.9 Å². The van der Waals surface area contributed by atoms with Crippen LogP contribution in [0, 0.1) is 0 Å². The second-order valence-electron chi connectivity index (χ2n) is 6.44. The molecule has 138 valence electrons. The van der Waals surface area contributed by atoms with Crippen molar-refractivity contribution in [3.8, 4) is 0 Å². The fraction of sp³-hybridized carbons (Fsp3) is 0.529. The number of nitrogens with one attached hydrogen (secondary N) is 2. The Bertz CT molecular complexity index is 776. The molecule has 0 fully saturated rings. The Morgan fingerprint density at radius 1 is 1.36 bits per heavy atom. The summed E-state index contributed by atoms with van der Waals surface area (Å²) in [5.41, 5.74) is 1.84. The lowest BCUT2D eigenvalue weighted by Crippen LogP contribution is -2.45. The van der Waals surface area contributed by atoms with Gasteiger partial charge in [-0.25, -0.2) is 8.42 Å². The van der Waals surface area contributed by atoms with Gasteiger partial charge in [0.1, 0.15) is 6.04 Å². The van der Waals surface area contributed by atoms with Crippen molar-refractivity contribution in [3.05, 3.63) is 29.3 Å². The van der Waals surface area contributed by atoms with E-state index in [4.69, 9.17) is 0 Å². The Kier molecular flexibility index (Phi) is 5.72. The zero-order chi connectivity index (χ0) is 18.8. The smallest absolute Gasteiger partial charge is 0.251 e. The van der Waals surface area contributed by atoms with Crippen LogP contribution < -0.4 is 14.9 Å². The molecule has 2 rings (SSSR count). The molecular weight excluding hydrogens is 342 g/mol. The second-order valence-corrected chi connectivity index (χ2v) is 8.30. The lowest BCUT2D eigenvalue weighted by Gasteiger charge is -2.22. The van der Waals surface area contributed by atoms with Gasteiger partial charge < -0.3 is 10.6 Å². The van der Waals surface area contributed by atoms with E-state index in [9.17, 15) is 18.0 Å². The molecule has 2 atom stereocenters. The highest BCUT2D eigenvalue weighted by Crippen LogP contribution is 2.34. The molecule has 1 aliphatic rings. The minimum Gasteiger partial charge on any atom is -0.354 e. The monoisotopic (exact) mass is 367 g/mol. The van der Waals surface area contributed by atoms with Gasteiger partial charge in [-0.2, -0.15) is 0 Å². The number of carbonyl (C=O) groups excluding carboxylic acids is 2. The van der Waals surface area contributed by atoms with E-state index in [0.717, 1.165) is 12.0 Å². The first-order valence-corrected chi connectivity index (χ1v) is 10.2. The molecular formula is C17H25N3O4S. The van der Waals surface area contributed by atoms with Gasteiger partial charge in [0.25, 0.3) is 5.91 Å². The standard InChI is InChI=1S/C17H25N3O4S/c1-5-8-18-16(21)12(3)19-17(22)13-6-7-15-14(10-13)9-11(2)20(15)25(4,23)24/h6-7,10-12H,5,8-9H2,1-4H3,(H,18,21)(H,19,22)/t11-,12-/m1/s1. The highest BCUT2D eigenvalue weighted by molar-refractivity contribution is 7.92. The van der Waals surface area contributed by atoms with Crippen LogP contribution in [0.2, 0.25) is 0 Å². The number of rotatable bonds is 6. The molecule has 25 heavy (non-hydrogen) atoms. The molecule has 1 aromatic rings. The number of carbonyl (C=O) groups is 2. The van der Waals surface area contributed by atoms with Gasteiger partial charge in [-0.15, -0.1) is 0 Å². The first kappa shape index (κ1) is 19.2. The lowest BCUT2D eigenvalue weighted by atomic mass is 10.1. The molecule has 0 saturated heterocycles. The summed E-state index contributed by atoms with van der Waals surface area (Å²) < 4.78 is 25.2. The van der Waals surface area contributed by atoms with Crippen LogP contribution in [-0.2, 0) is 21.2 Å². The summed E-state index contributed by atoms with van der Waals surface area (Å²) in [7, 11) is -3.36. The number of amides is 2. The van der Waals surface area contributed by atoms with Gasteiger partial charge in [0, 0.05) is 18.2 Å². The van der Waals surface area contributed by atoms with Crippen LogP contribution in [0.5, 0.6) is 0 Å². The van der Waals surface area contributed by atoms with Crippen molar-refractivity contribution in [2.45, 2.75) is 45.7 Å². The molecule has 1 heterocycles. The fourth-order valence-corrected chi connectivity index (χ4v) is 4.26. The van der Waals surface area contributed by atoms with Crippen molar-refractivity contribution in [1.29, 1.82) is 0 Å². The normalized spacial score (nSPS) is 17.8. The van der Waals surface area contributed by atoms with Crippen molar-refractivity contribution in [3.63, 3.8) is 0 Å². The quantitative estimate of drug-likeness (QED) is 0.785.